The molecule has 0 saturated carbocycles. The summed E-state index contributed by atoms with van der Waals surface area (Å²) in [7, 11) is 0. The normalized spacial score (nSPS) is 13.6. The zero-order chi connectivity index (χ0) is 89.7. The van der Waals surface area contributed by atoms with Crippen LogP contribution in [0.1, 0.15) is 164 Å². The van der Waals surface area contributed by atoms with Crippen LogP contribution in [0.5, 0.6) is 0 Å². The monoisotopic (exact) mass is 1680 g/mol. The van der Waals surface area contributed by atoms with E-state index in [0.717, 1.165) is 129 Å². The van der Waals surface area contributed by atoms with E-state index in [1.54, 1.807) is 0 Å². The molecule has 0 saturated heterocycles. The molecule has 1 aliphatic rings. The molecule has 129 heavy (non-hydrogen) atoms. The fraction of sp³-hybridized carbons (Fsp3) is 0.203. The van der Waals surface area contributed by atoms with E-state index in [4.69, 9.17) is 6.58 Å². The molecule has 6 nitrogen and oxygen atoms in total. The highest BCUT2D eigenvalue weighted by molar-refractivity contribution is 6.16. The van der Waals surface area contributed by atoms with E-state index < -0.39 is 0 Å². The summed E-state index contributed by atoms with van der Waals surface area (Å²) in [4.78, 5) is 7.51. The lowest BCUT2D eigenvalue weighted by molar-refractivity contribution is 0.590. The van der Waals surface area contributed by atoms with Gasteiger partial charge in [0, 0.05) is 81.7 Å². The Hall–Kier alpha value is -13.9. The molecule has 19 aromatic rings. The third-order valence-electron chi connectivity index (χ3n) is 27.1. The van der Waals surface area contributed by atoms with E-state index in [9.17, 15) is 0 Å². The molecule has 3 heterocycles. The summed E-state index contributed by atoms with van der Waals surface area (Å²) in [5, 5.41) is 16.4. The number of aromatic nitrogens is 3. The molecule has 20 rings (SSSR count). The molecule has 0 radical (unpaired) electrons. The first-order valence-electron chi connectivity index (χ1n) is 46.0. The zero-order valence-electron chi connectivity index (χ0n) is 78.1. The number of hydrogen-bond donors (Lipinski definition) is 0. The van der Waals surface area contributed by atoms with Crippen LogP contribution in [-0.2, 0) is 32.5 Å². The van der Waals surface area contributed by atoms with Gasteiger partial charge in [-0.3, -0.25) is 0 Å². The third-order valence-corrected chi connectivity index (χ3v) is 27.1. The first-order chi connectivity index (χ1) is 61.7. The van der Waals surface area contributed by atoms with E-state index in [0.29, 0.717) is 0 Å². The maximum absolute atomic E-state index is 5.27. The Balaban J connectivity index is 0.880. The maximum atomic E-state index is 5.27. The van der Waals surface area contributed by atoms with Gasteiger partial charge in [0.1, 0.15) is 0 Å². The van der Waals surface area contributed by atoms with E-state index in [2.05, 4.69) is 505 Å². The van der Waals surface area contributed by atoms with Gasteiger partial charge in [-0.15, -0.1) is 0 Å². The Bertz CT molecular complexity index is 7680. The zero-order valence-corrected chi connectivity index (χ0v) is 78.1. The Morgan fingerprint density at radius 2 is 0.612 bits per heavy atom. The van der Waals surface area contributed by atoms with Crippen LogP contribution in [0.3, 0.4) is 0 Å². The third kappa shape index (κ3) is 14.9. The number of nitrogens with zero attached hydrogens (tertiary/aromatic N) is 6. The largest absolute Gasteiger partial charge is 0.310 e. The topological polar surface area (TPSA) is 24.5 Å². The minimum absolute atomic E-state index is 0.0499. The molecule has 0 fully saturated rings. The van der Waals surface area contributed by atoms with Gasteiger partial charge in [0.15, 0.2) is 0 Å². The number of rotatable bonds is 14. The van der Waals surface area contributed by atoms with Gasteiger partial charge in [0.2, 0.25) is 0 Å². The van der Waals surface area contributed by atoms with E-state index in [-0.39, 0.29) is 32.5 Å². The molecule has 0 N–H and O–H groups in total. The highest BCUT2D eigenvalue weighted by atomic mass is 15.2. The van der Waals surface area contributed by atoms with Crippen LogP contribution in [-0.4, -0.2) is 13.7 Å². The average Bonchev–Trinajstić information content (AvgIpc) is 1.66. The molecule has 16 aromatic carbocycles. The Morgan fingerprint density at radius 3 is 1.01 bits per heavy atom. The SMILES string of the molecule is C=C(/C=C\C=C1\C=CC=CC1)N(c1cc(N(c2ccc(-n3c4ccc(C(C)(C)C)cc4c4cc(C(C)(C)C)ccc43)cc2)c2cccc3ccccc23)cc(N(c2cccc3ccccc23)c2ccc(-n3c4ccc(C(C)(C)C)cc4c4cc(C(C)(C)C)ccc43)c3ccccc23)c1)c1ccc(-n2c3ccc(C(C)(C)C)cc3c3cc(C(C)(C)C)ccc32)c2ccccc12. The predicted molar refractivity (Wildman–Crippen MR) is 559 cm³/mol. The minimum atomic E-state index is -0.0662. The molecule has 0 aliphatic heterocycles. The van der Waals surface area contributed by atoms with E-state index in [1.165, 1.54) is 93.3 Å². The quantitative estimate of drug-likeness (QED) is 0.101. The summed E-state index contributed by atoms with van der Waals surface area (Å²) in [5.41, 5.74) is 27.6. The van der Waals surface area contributed by atoms with Crippen LogP contribution in [0.4, 0.5) is 45.5 Å². The molecule has 6 heteroatoms. The van der Waals surface area contributed by atoms with Gasteiger partial charge in [-0.1, -0.05) is 325 Å². The van der Waals surface area contributed by atoms with Gasteiger partial charge in [0.25, 0.3) is 0 Å². The van der Waals surface area contributed by atoms with Crippen molar-refractivity contribution in [3.63, 3.8) is 0 Å². The van der Waals surface area contributed by atoms with Crippen molar-refractivity contribution in [2.45, 2.75) is 164 Å². The summed E-state index contributed by atoms with van der Waals surface area (Å²) < 4.78 is 7.54. The van der Waals surface area contributed by atoms with Gasteiger partial charge < -0.3 is 28.4 Å². The second kappa shape index (κ2) is 31.2. The van der Waals surface area contributed by atoms with Crippen molar-refractivity contribution in [2.75, 3.05) is 14.7 Å². The smallest absolute Gasteiger partial charge is 0.0542 e. The standard InChI is InChI=1S/C123H116N6/c1-79(34-31-37-80-35-21-20-22-36-80)124(108-66-68-110(98-46-29-27-44-96(98)108)128-114-62-52-85(120(8,9)10)72-102(114)103-73-86(121(11,12)13)53-63-115(103)128)91-76-92(125(106-48-32-40-81-38-23-25-42-94(81)106)89-56-58-90(59-57-89)126-112-60-50-83(118(2,3)4)70-100(112)101-71-84(119(5,6)7)51-61-113(101)126)78-93(77-91)127(107-49-33-41-82-39-24-26-43-95(82)107)109-67-69-111(99-47-30-28-45-97(99)109)129-116-64-54-87(122(14,15)16)74-104(116)105-75-88(123(17,18)19)55-65-117(105)129/h20-35,37-78H,1,36H2,2-19H3/b34-31-,80-37-. The predicted octanol–water partition coefficient (Wildman–Crippen LogP) is 35.0. The van der Waals surface area contributed by atoms with Gasteiger partial charge in [0.05, 0.1) is 84.3 Å². The second-order valence-corrected chi connectivity index (χ2v) is 42.0. The summed E-state index contributed by atoms with van der Waals surface area (Å²) in [5.74, 6) is 0. The highest BCUT2D eigenvalue weighted by Gasteiger charge is 2.32. The van der Waals surface area contributed by atoms with Crippen molar-refractivity contribution in [1.82, 2.24) is 13.7 Å². The fourth-order valence-electron chi connectivity index (χ4n) is 19.8. The van der Waals surface area contributed by atoms with Crippen molar-refractivity contribution in [2.24, 2.45) is 0 Å². The molecular weight excluding hydrogens is 1560 g/mol. The van der Waals surface area contributed by atoms with Crippen LogP contribution in [0.15, 0.2) is 370 Å². The van der Waals surface area contributed by atoms with E-state index >= 15 is 0 Å². The molecule has 1 aliphatic carbocycles. The summed E-state index contributed by atoms with van der Waals surface area (Å²) >= 11 is 0. The van der Waals surface area contributed by atoms with Crippen molar-refractivity contribution in [3.05, 3.63) is 403 Å². The Labute approximate surface area is 761 Å². The van der Waals surface area contributed by atoms with Crippen LogP contribution < -0.4 is 14.7 Å². The average molecular weight is 1680 g/mol. The van der Waals surface area contributed by atoms with Gasteiger partial charge in [-0.25, -0.2) is 0 Å². The minimum Gasteiger partial charge on any atom is -0.310 e. The van der Waals surface area contributed by atoms with Gasteiger partial charge in [-0.05, 0) is 246 Å². The van der Waals surface area contributed by atoms with Crippen molar-refractivity contribution in [3.8, 4) is 17.1 Å². The van der Waals surface area contributed by atoms with Crippen molar-refractivity contribution < 1.29 is 0 Å². The molecule has 3 aromatic heterocycles. The lowest BCUT2D eigenvalue weighted by atomic mass is 9.85. The molecular formula is C123H116N6. The van der Waals surface area contributed by atoms with Crippen molar-refractivity contribution >= 4 is 154 Å². The number of allylic oxidation sites excluding steroid dienone is 8. The molecule has 0 amide bonds. The number of hydrogen-bond acceptors (Lipinski definition) is 3. The summed E-state index contributed by atoms with van der Waals surface area (Å²) in [6.45, 7) is 47.1. The Morgan fingerprint density at radius 1 is 0.279 bits per heavy atom. The van der Waals surface area contributed by atoms with Crippen LogP contribution in [0.25, 0.3) is 126 Å². The first-order valence-corrected chi connectivity index (χ1v) is 46.0. The maximum Gasteiger partial charge on any atom is 0.0542 e. The van der Waals surface area contributed by atoms with Crippen LogP contribution in [0.2, 0.25) is 0 Å². The van der Waals surface area contributed by atoms with Crippen molar-refractivity contribution in [1.29, 1.82) is 0 Å². The lowest BCUT2D eigenvalue weighted by Crippen LogP contribution is -2.19. The lowest BCUT2D eigenvalue weighted by Gasteiger charge is -2.34. The van der Waals surface area contributed by atoms with Crippen LogP contribution in [0, 0.1) is 0 Å². The number of anilines is 8. The van der Waals surface area contributed by atoms with Crippen LogP contribution >= 0.6 is 0 Å². The summed E-state index contributed by atoms with van der Waals surface area (Å²) in [6, 6.07) is 119. The molecule has 0 unspecified atom stereocenters. The number of fused-ring (bicyclic) bond motifs is 13. The van der Waals surface area contributed by atoms with E-state index in [1.807, 2.05) is 0 Å². The summed E-state index contributed by atoms with van der Waals surface area (Å²) in [6.07, 6.45) is 16.2. The fourth-order valence-corrected chi connectivity index (χ4v) is 19.8. The number of benzene rings is 16. The molecule has 0 spiro atoms. The second-order valence-electron chi connectivity index (χ2n) is 42.0. The molecule has 0 bridgehead atoms. The first kappa shape index (κ1) is 83.3. The highest BCUT2D eigenvalue weighted by Crippen LogP contribution is 2.53. The molecule has 0 atom stereocenters. The van der Waals surface area contributed by atoms with Gasteiger partial charge >= 0.3 is 0 Å². The molecule has 638 valence electrons. The van der Waals surface area contributed by atoms with Gasteiger partial charge in [-0.2, -0.15) is 0 Å². The Kier molecular flexibility index (Phi) is 20.2.